The standard InChI is InChI=1S/C25H21FN2O/c1-29-20-9-5-8-18(14-20)24(17-10-11-17)23(16-6-3-2-4-7-16)19-12-13-22-21(15-19)25(26)28-27-22/h2-9,12-15,17H,10-11H2,1H3,(H,27,28)/b24-23+. The van der Waals surface area contributed by atoms with Crippen LogP contribution in [0.1, 0.15) is 29.5 Å². The van der Waals surface area contributed by atoms with E-state index in [2.05, 4.69) is 34.5 Å². The van der Waals surface area contributed by atoms with Gasteiger partial charge in [0.2, 0.25) is 5.95 Å². The fraction of sp³-hybridized carbons (Fsp3) is 0.160. The summed E-state index contributed by atoms with van der Waals surface area (Å²) in [5.74, 6) is 0.926. The van der Waals surface area contributed by atoms with Crippen molar-refractivity contribution >= 4 is 22.0 Å². The third-order valence-corrected chi connectivity index (χ3v) is 5.49. The molecule has 0 radical (unpaired) electrons. The zero-order valence-electron chi connectivity index (χ0n) is 16.2. The number of halogens is 1. The minimum absolute atomic E-state index is 0.399. The molecule has 3 nitrogen and oxygen atoms in total. The normalized spacial score (nSPS) is 14.7. The minimum atomic E-state index is -0.399. The lowest BCUT2D eigenvalue weighted by Gasteiger charge is -2.18. The first-order chi connectivity index (χ1) is 14.2. The van der Waals surface area contributed by atoms with Crippen molar-refractivity contribution in [1.29, 1.82) is 0 Å². The number of hydrogen-bond acceptors (Lipinski definition) is 2. The summed E-state index contributed by atoms with van der Waals surface area (Å²) in [6.45, 7) is 0. The monoisotopic (exact) mass is 384 g/mol. The van der Waals surface area contributed by atoms with Crippen molar-refractivity contribution in [3.63, 3.8) is 0 Å². The predicted molar refractivity (Wildman–Crippen MR) is 114 cm³/mol. The van der Waals surface area contributed by atoms with E-state index in [4.69, 9.17) is 4.74 Å². The van der Waals surface area contributed by atoms with Gasteiger partial charge in [-0.1, -0.05) is 48.5 Å². The van der Waals surface area contributed by atoms with Crippen LogP contribution in [0.2, 0.25) is 0 Å². The summed E-state index contributed by atoms with van der Waals surface area (Å²) in [5.41, 5.74) is 6.34. The molecule has 0 spiro atoms. The Hall–Kier alpha value is -3.40. The van der Waals surface area contributed by atoms with Gasteiger partial charge in [-0.05, 0) is 70.9 Å². The average molecular weight is 384 g/mol. The lowest BCUT2D eigenvalue weighted by atomic mass is 9.86. The molecule has 1 fully saturated rings. The minimum Gasteiger partial charge on any atom is -0.497 e. The molecule has 0 saturated heterocycles. The van der Waals surface area contributed by atoms with Crippen molar-refractivity contribution in [2.75, 3.05) is 7.11 Å². The van der Waals surface area contributed by atoms with Gasteiger partial charge in [0.1, 0.15) is 5.75 Å². The molecule has 0 bridgehead atoms. The van der Waals surface area contributed by atoms with Gasteiger partial charge in [-0.15, -0.1) is 0 Å². The third-order valence-electron chi connectivity index (χ3n) is 5.49. The predicted octanol–water partition coefficient (Wildman–Crippen LogP) is 6.08. The molecule has 3 aromatic carbocycles. The summed E-state index contributed by atoms with van der Waals surface area (Å²) in [4.78, 5) is 0. The quantitative estimate of drug-likeness (QED) is 0.424. The Morgan fingerprint density at radius 3 is 2.48 bits per heavy atom. The highest BCUT2D eigenvalue weighted by Gasteiger charge is 2.31. The van der Waals surface area contributed by atoms with Gasteiger partial charge in [0.15, 0.2) is 0 Å². The van der Waals surface area contributed by atoms with E-state index in [9.17, 15) is 4.39 Å². The fourth-order valence-corrected chi connectivity index (χ4v) is 3.96. The number of benzene rings is 3. The van der Waals surface area contributed by atoms with E-state index in [1.54, 1.807) is 7.11 Å². The summed E-state index contributed by atoms with van der Waals surface area (Å²) >= 11 is 0. The Morgan fingerprint density at radius 1 is 0.931 bits per heavy atom. The summed E-state index contributed by atoms with van der Waals surface area (Å²) in [6.07, 6.45) is 2.32. The molecule has 144 valence electrons. The van der Waals surface area contributed by atoms with E-state index in [0.717, 1.165) is 40.9 Å². The van der Waals surface area contributed by atoms with Gasteiger partial charge in [-0.25, -0.2) is 0 Å². The first-order valence-electron chi connectivity index (χ1n) is 9.82. The molecule has 0 aliphatic heterocycles. The summed E-state index contributed by atoms with van der Waals surface area (Å²) in [6, 6.07) is 24.4. The number of ether oxygens (including phenoxy) is 1. The molecule has 1 heterocycles. The van der Waals surface area contributed by atoms with Crippen LogP contribution in [-0.2, 0) is 0 Å². The average Bonchev–Trinajstić information content (AvgIpc) is 3.55. The summed E-state index contributed by atoms with van der Waals surface area (Å²) < 4.78 is 19.7. The Morgan fingerprint density at radius 2 is 1.72 bits per heavy atom. The Labute approximate surface area is 168 Å². The topological polar surface area (TPSA) is 37.9 Å². The van der Waals surface area contributed by atoms with Crippen LogP contribution in [0.5, 0.6) is 5.75 Å². The van der Waals surface area contributed by atoms with Gasteiger partial charge in [0, 0.05) is 0 Å². The smallest absolute Gasteiger partial charge is 0.216 e. The molecule has 4 aromatic rings. The van der Waals surface area contributed by atoms with Crippen molar-refractivity contribution in [2.45, 2.75) is 12.8 Å². The number of rotatable bonds is 5. The second-order valence-electron chi connectivity index (χ2n) is 7.43. The molecular formula is C25H21FN2O. The Kier molecular flexibility index (Phi) is 4.39. The van der Waals surface area contributed by atoms with E-state index in [0.29, 0.717) is 16.8 Å². The van der Waals surface area contributed by atoms with Gasteiger partial charge in [-0.3, -0.25) is 5.10 Å². The SMILES string of the molecule is COc1cccc(/C(=C(\c2ccccc2)c2ccc3n[nH]c(F)c3c2)C2CC2)c1. The van der Waals surface area contributed by atoms with Gasteiger partial charge in [0.25, 0.3) is 0 Å². The molecule has 29 heavy (non-hydrogen) atoms. The molecule has 1 aliphatic carbocycles. The summed E-state index contributed by atoms with van der Waals surface area (Å²) in [7, 11) is 1.69. The molecular weight excluding hydrogens is 363 g/mol. The highest BCUT2D eigenvalue weighted by Crippen LogP contribution is 2.48. The number of fused-ring (bicyclic) bond motifs is 1. The molecule has 1 aromatic heterocycles. The molecule has 0 atom stereocenters. The largest absolute Gasteiger partial charge is 0.497 e. The van der Waals surface area contributed by atoms with Crippen LogP contribution in [0.25, 0.3) is 22.0 Å². The van der Waals surface area contributed by atoms with Crippen molar-refractivity contribution in [3.8, 4) is 5.75 Å². The molecule has 1 saturated carbocycles. The Bertz CT molecular complexity index is 1210. The van der Waals surface area contributed by atoms with Gasteiger partial charge in [-0.2, -0.15) is 9.49 Å². The lowest BCUT2D eigenvalue weighted by molar-refractivity contribution is 0.414. The van der Waals surface area contributed by atoms with Crippen molar-refractivity contribution in [3.05, 3.63) is 95.4 Å². The molecule has 0 unspecified atom stereocenters. The van der Waals surface area contributed by atoms with E-state index in [1.807, 2.05) is 48.5 Å². The second-order valence-corrected chi connectivity index (χ2v) is 7.43. The number of aromatic nitrogens is 2. The van der Waals surface area contributed by atoms with Gasteiger partial charge < -0.3 is 4.74 Å². The summed E-state index contributed by atoms with van der Waals surface area (Å²) in [5, 5.41) is 6.99. The maximum Gasteiger partial charge on any atom is 0.216 e. The third kappa shape index (κ3) is 3.31. The number of aromatic amines is 1. The van der Waals surface area contributed by atoms with Crippen molar-refractivity contribution in [2.24, 2.45) is 5.92 Å². The van der Waals surface area contributed by atoms with Crippen LogP contribution in [0, 0.1) is 11.9 Å². The first-order valence-corrected chi connectivity index (χ1v) is 9.82. The lowest BCUT2D eigenvalue weighted by Crippen LogP contribution is -1.98. The fourth-order valence-electron chi connectivity index (χ4n) is 3.96. The van der Waals surface area contributed by atoms with Crippen molar-refractivity contribution in [1.82, 2.24) is 10.2 Å². The number of nitrogens with zero attached hydrogens (tertiary/aromatic N) is 1. The molecule has 4 heteroatoms. The number of nitrogens with one attached hydrogen (secondary N) is 1. The van der Waals surface area contributed by atoms with Gasteiger partial charge >= 0.3 is 0 Å². The number of H-pyrrole nitrogens is 1. The van der Waals surface area contributed by atoms with Gasteiger partial charge in [0.05, 0.1) is 18.0 Å². The van der Waals surface area contributed by atoms with Crippen LogP contribution >= 0.6 is 0 Å². The zero-order chi connectivity index (χ0) is 19.8. The Balaban J connectivity index is 1.80. The molecule has 0 amide bonds. The maximum atomic E-state index is 14.2. The number of methoxy groups -OCH3 is 1. The van der Waals surface area contributed by atoms with Crippen LogP contribution in [0.4, 0.5) is 4.39 Å². The zero-order valence-corrected chi connectivity index (χ0v) is 16.2. The highest BCUT2D eigenvalue weighted by molar-refractivity contribution is 6.01. The van der Waals surface area contributed by atoms with Crippen molar-refractivity contribution < 1.29 is 9.13 Å². The molecule has 1 aliphatic rings. The van der Waals surface area contributed by atoms with E-state index >= 15 is 0 Å². The van der Waals surface area contributed by atoms with Crippen LogP contribution in [-0.4, -0.2) is 17.3 Å². The molecule has 1 N–H and O–H groups in total. The van der Waals surface area contributed by atoms with E-state index < -0.39 is 5.95 Å². The van der Waals surface area contributed by atoms with Crippen LogP contribution in [0.15, 0.2) is 72.8 Å². The number of allylic oxidation sites excluding steroid dienone is 1. The second kappa shape index (κ2) is 7.21. The maximum absolute atomic E-state index is 14.2. The van der Waals surface area contributed by atoms with E-state index in [1.165, 1.54) is 5.57 Å². The number of hydrogen-bond donors (Lipinski definition) is 1. The molecule has 5 rings (SSSR count). The highest BCUT2D eigenvalue weighted by atomic mass is 19.1. The first kappa shape index (κ1) is 17.7. The van der Waals surface area contributed by atoms with E-state index in [-0.39, 0.29) is 0 Å². The van der Waals surface area contributed by atoms with Crippen LogP contribution in [0.3, 0.4) is 0 Å². The van der Waals surface area contributed by atoms with Crippen LogP contribution < -0.4 is 4.74 Å².